The number of ether oxygens (including phenoxy) is 2. The summed E-state index contributed by atoms with van der Waals surface area (Å²) < 4.78 is 10.9. The van der Waals surface area contributed by atoms with Gasteiger partial charge in [0.15, 0.2) is 5.75 Å². The first kappa shape index (κ1) is 12.3. The molecule has 1 aromatic heterocycles. The minimum Gasteiger partial charge on any atom is -0.497 e. The van der Waals surface area contributed by atoms with E-state index in [0.717, 1.165) is 10.9 Å². The Morgan fingerprint density at radius 3 is 2.70 bits per heavy atom. The van der Waals surface area contributed by atoms with Crippen LogP contribution >= 0.6 is 0 Å². The molecular formula is C16H14N2O2. The van der Waals surface area contributed by atoms with E-state index in [1.807, 2.05) is 36.4 Å². The highest BCUT2D eigenvalue weighted by Crippen LogP contribution is 2.31. The Balaban J connectivity index is 1.96. The Bertz CT molecular complexity index is 756. The number of methoxy groups -OCH3 is 1. The lowest BCUT2D eigenvalue weighted by Crippen LogP contribution is -1.95. The minimum atomic E-state index is 0.503. The Morgan fingerprint density at radius 1 is 1.00 bits per heavy atom. The molecule has 0 aliphatic heterocycles. The first-order valence-corrected chi connectivity index (χ1v) is 6.23. The number of benzene rings is 2. The quantitative estimate of drug-likeness (QED) is 0.736. The van der Waals surface area contributed by atoms with E-state index < -0.39 is 0 Å². The molecule has 3 aromatic rings. The fourth-order valence-electron chi connectivity index (χ4n) is 1.95. The van der Waals surface area contributed by atoms with Crippen LogP contribution in [0.3, 0.4) is 0 Å². The van der Waals surface area contributed by atoms with Gasteiger partial charge in [0.25, 0.3) is 0 Å². The molecule has 0 saturated carbocycles. The third-order valence-corrected chi connectivity index (χ3v) is 3.01. The van der Waals surface area contributed by atoms with Crippen molar-refractivity contribution in [1.29, 1.82) is 0 Å². The summed E-state index contributed by atoms with van der Waals surface area (Å²) in [5, 5.41) is 1.07. The molecule has 0 fully saturated rings. The van der Waals surface area contributed by atoms with Crippen LogP contribution in [0.5, 0.6) is 17.4 Å². The van der Waals surface area contributed by atoms with Crippen molar-refractivity contribution in [3.63, 3.8) is 0 Å². The fraction of sp³-hybridized carbons (Fsp3) is 0.0625. The van der Waals surface area contributed by atoms with Crippen molar-refractivity contribution in [2.24, 2.45) is 0 Å². The predicted molar refractivity (Wildman–Crippen MR) is 79.2 cm³/mol. The molecule has 0 unspecified atom stereocenters. The number of rotatable bonds is 3. The number of anilines is 1. The maximum Gasteiger partial charge on any atom is 0.219 e. The second-order valence-corrected chi connectivity index (χ2v) is 4.35. The monoisotopic (exact) mass is 266 g/mol. The van der Waals surface area contributed by atoms with Gasteiger partial charge in [0, 0.05) is 17.5 Å². The van der Waals surface area contributed by atoms with E-state index in [0.29, 0.717) is 23.1 Å². The van der Waals surface area contributed by atoms with Gasteiger partial charge in [0.2, 0.25) is 5.88 Å². The maximum atomic E-state index is 5.90. The van der Waals surface area contributed by atoms with Crippen molar-refractivity contribution in [2.45, 2.75) is 0 Å². The van der Waals surface area contributed by atoms with Gasteiger partial charge in [-0.05, 0) is 24.3 Å². The molecule has 0 spiro atoms. The molecule has 3 rings (SSSR count). The largest absolute Gasteiger partial charge is 0.497 e. The lowest BCUT2D eigenvalue weighted by Gasteiger charge is -2.09. The number of para-hydroxylation sites is 1. The van der Waals surface area contributed by atoms with Crippen molar-refractivity contribution in [1.82, 2.24) is 4.98 Å². The predicted octanol–water partition coefficient (Wildman–Crippen LogP) is 3.62. The van der Waals surface area contributed by atoms with Crippen LogP contribution in [0.1, 0.15) is 0 Å². The van der Waals surface area contributed by atoms with Crippen molar-refractivity contribution < 1.29 is 9.47 Å². The van der Waals surface area contributed by atoms with Gasteiger partial charge in [-0.1, -0.05) is 18.2 Å². The average molecular weight is 266 g/mol. The minimum absolute atomic E-state index is 0.503. The van der Waals surface area contributed by atoms with Crippen LogP contribution in [0.25, 0.3) is 10.9 Å². The number of nitrogens with two attached hydrogens (primary N) is 1. The maximum absolute atomic E-state index is 5.90. The Labute approximate surface area is 116 Å². The number of hydrogen-bond donors (Lipinski definition) is 1. The molecule has 1 heterocycles. The molecule has 0 atom stereocenters. The Kier molecular flexibility index (Phi) is 3.13. The molecule has 2 N–H and O–H groups in total. The topological polar surface area (TPSA) is 57.4 Å². The molecular weight excluding hydrogens is 252 g/mol. The standard InChI is InChI=1S/C16H14N2O2/c1-19-12-7-8-13(17)15(10-12)20-16-9-6-11-4-2-3-5-14(11)18-16/h2-10H,17H2,1H3. The van der Waals surface area contributed by atoms with Crippen molar-refractivity contribution in [3.05, 3.63) is 54.6 Å². The number of hydrogen-bond acceptors (Lipinski definition) is 4. The highest BCUT2D eigenvalue weighted by Gasteiger charge is 2.06. The van der Waals surface area contributed by atoms with E-state index in [1.165, 1.54) is 0 Å². The van der Waals surface area contributed by atoms with Crippen molar-refractivity contribution in [2.75, 3.05) is 12.8 Å². The van der Waals surface area contributed by atoms with E-state index in [2.05, 4.69) is 4.98 Å². The van der Waals surface area contributed by atoms with E-state index in [9.17, 15) is 0 Å². The van der Waals surface area contributed by atoms with Crippen LogP contribution in [-0.2, 0) is 0 Å². The summed E-state index contributed by atoms with van der Waals surface area (Å²) in [6.45, 7) is 0. The van der Waals surface area contributed by atoms with Gasteiger partial charge in [-0.3, -0.25) is 0 Å². The van der Waals surface area contributed by atoms with Gasteiger partial charge in [-0.2, -0.15) is 0 Å². The molecule has 4 heteroatoms. The number of nitrogen functional groups attached to an aromatic ring is 1. The van der Waals surface area contributed by atoms with Gasteiger partial charge >= 0.3 is 0 Å². The van der Waals surface area contributed by atoms with Crippen LogP contribution in [0.4, 0.5) is 5.69 Å². The Hall–Kier alpha value is -2.75. The van der Waals surface area contributed by atoms with Gasteiger partial charge in [0.1, 0.15) is 5.75 Å². The normalized spacial score (nSPS) is 10.4. The van der Waals surface area contributed by atoms with Crippen LogP contribution in [0.2, 0.25) is 0 Å². The third kappa shape index (κ3) is 2.36. The summed E-state index contributed by atoms with van der Waals surface area (Å²) in [6.07, 6.45) is 0. The lowest BCUT2D eigenvalue weighted by atomic mass is 10.2. The zero-order valence-corrected chi connectivity index (χ0v) is 11.0. The molecule has 0 amide bonds. The number of aromatic nitrogens is 1. The van der Waals surface area contributed by atoms with Gasteiger partial charge < -0.3 is 15.2 Å². The first-order chi connectivity index (χ1) is 9.76. The lowest BCUT2D eigenvalue weighted by molar-refractivity contribution is 0.408. The van der Waals surface area contributed by atoms with E-state index in [1.54, 1.807) is 25.3 Å². The van der Waals surface area contributed by atoms with Crippen LogP contribution in [0.15, 0.2) is 54.6 Å². The summed E-state index contributed by atoms with van der Waals surface area (Å²) in [5.41, 5.74) is 7.32. The van der Waals surface area contributed by atoms with Gasteiger partial charge in [-0.15, -0.1) is 0 Å². The number of fused-ring (bicyclic) bond motifs is 1. The zero-order chi connectivity index (χ0) is 13.9. The SMILES string of the molecule is COc1ccc(N)c(Oc2ccc3ccccc3n2)c1. The second kappa shape index (κ2) is 5.09. The van der Waals surface area contributed by atoms with Gasteiger partial charge in [0.05, 0.1) is 18.3 Å². The fourth-order valence-corrected chi connectivity index (χ4v) is 1.95. The highest BCUT2D eigenvalue weighted by molar-refractivity contribution is 5.78. The number of pyridine rings is 1. The summed E-state index contributed by atoms with van der Waals surface area (Å²) in [7, 11) is 1.60. The van der Waals surface area contributed by atoms with Crippen molar-refractivity contribution in [3.8, 4) is 17.4 Å². The second-order valence-electron chi connectivity index (χ2n) is 4.35. The van der Waals surface area contributed by atoms with Gasteiger partial charge in [-0.25, -0.2) is 4.98 Å². The molecule has 4 nitrogen and oxygen atoms in total. The summed E-state index contributed by atoms with van der Waals surface area (Å²) in [6, 6.07) is 16.9. The van der Waals surface area contributed by atoms with Crippen LogP contribution < -0.4 is 15.2 Å². The molecule has 0 radical (unpaired) electrons. The average Bonchev–Trinajstić information content (AvgIpc) is 2.49. The van der Waals surface area contributed by atoms with Crippen LogP contribution in [-0.4, -0.2) is 12.1 Å². The highest BCUT2D eigenvalue weighted by atomic mass is 16.5. The van der Waals surface area contributed by atoms with E-state index >= 15 is 0 Å². The van der Waals surface area contributed by atoms with E-state index in [4.69, 9.17) is 15.2 Å². The smallest absolute Gasteiger partial charge is 0.219 e. The zero-order valence-electron chi connectivity index (χ0n) is 11.0. The molecule has 0 aliphatic carbocycles. The summed E-state index contributed by atoms with van der Waals surface area (Å²) in [4.78, 5) is 4.45. The van der Waals surface area contributed by atoms with Crippen LogP contribution in [0, 0.1) is 0 Å². The molecule has 0 aliphatic rings. The summed E-state index contributed by atoms with van der Waals surface area (Å²) in [5.74, 6) is 1.73. The summed E-state index contributed by atoms with van der Waals surface area (Å²) >= 11 is 0. The third-order valence-electron chi connectivity index (χ3n) is 3.01. The molecule has 2 aromatic carbocycles. The van der Waals surface area contributed by atoms with Crippen molar-refractivity contribution >= 4 is 16.6 Å². The first-order valence-electron chi connectivity index (χ1n) is 6.23. The number of nitrogens with zero attached hydrogens (tertiary/aromatic N) is 1. The Morgan fingerprint density at radius 2 is 1.85 bits per heavy atom. The molecule has 100 valence electrons. The molecule has 0 bridgehead atoms. The van der Waals surface area contributed by atoms with E-state index in [-0.39, 0.29) is 0 Å². The molecule has 0 saturated heterocycles. The molecule has 20 heavy (non-hydrogen) atoms.